The molecule has 5 nitrogen and oxygen atoms in total. The summed E-state index contributed by atoms with van der Waals surface area (Å²) < 4.78 is 25.0. The molecule has 0 aliphatic rings. The molecule has 0 amide bonds. The first kappa shape index (κ1) is 12.3. The first-order chi connectivity index (χ1) is 7.52. The van der Waals surface area contributed by atoms with E-state index in [1.807, 2.05) is 0 Å². The Morgan fingerprint density at radius 1 is 1.69 bits per heavy atom. The minimum atomic E-state index is -2.92. The highest BCUT2D eigenvalue weighted by atomic mass is 35.5. The summed E-state index contributed by atoms with van der Waals surface area (Å²) in [6.07, 6.45) is -2.19. The number of nitro groups is 1. The van der Waals surface area contributed by atoms with Gasteiger partial charge >= 0.3 is 5.69 Å². The predicted molar refractivity (Wildman–Crippen MR) is 50.1 cm³/mol. The molecule has 0 aliphatic heterocycles. The number of aromatic nitrogens is 1. The van der Waals surface area contributed by atoms with E-state index in [9.17, 15) is 18.9 Å². The number of halogens is 3. The van der Waals surface area contributed by atoms with Gasteiger partial charge in [0.2, 0.25) is 5.69 Å². The summed E-state index contributed by atoms with van der Waals surface area (Å²) in [6, 6.07) is 1.46. The van der Waals surface area contributed by atoms with Crippen molar-refractivity contribution in [3.63, 3.8) is 0 Å². The van der Waals surface area contributed by atoms with Crippen molar-refractivity contribution in [1.29, 1.82) is 5.26 Å². The lowest BCUT2D eigenvalue weighted by Crippen LogP contribution is -2.04. The van der Waals surface area contributed by atoms with Crippen LogP contribution in [0.4, 0.5) is 14.5 Å². The van der Waals surface area contributed by atoms with Gasteiger partial charge in [0, 0.05) is 11.8 Å². The Kier molecular flexibility index (Phi) is 3.68. The van der Waals surface area contributed by atoms with Crippen LogP contribution in [0.25, 0.3) is 0 Å². The molecule has 1 heterocycles. The van der Waals surface area contributed by atoms with Gasteiger partial charge in [0.25, 0.3) is 6.43 Å². The second kappa shape index (κ2) is 4.81. The predicted octanol–water partition coefficient (Wildman–Crippen LogP) is 2.54. The van der Waals surface area contributed by atoms with Gasteiger partial charge in [-0.25, -0.2) is 13.8 Å². The van der Waals surface area contributed by atoms with Crippen molar-refractivity contribution in [1.82, 2.24) is 4.98 Å². The molecule has 0 unspecified atom stereocenters. The van der Waals surface area contributed by atoms with Crippen LogP contribution in [0.2, 0.25) is 0 Å². The molecule has 1 aromatic heterocycles. The summed E-state index contributed by atoms with van der Waals surface area (Å²) in [5.74, 6) is -0.479. The zero-order chi connectivity index (χ0) is 12.3. The van der Waals surface area contributed by atoms with E-state index in [-0.39, 0.29) is 5.56 Å². The Balaban J connectivity index is 3.58. The molecule has 0 saturated carbocycles. The van der Waals surface area contributed by atoms with E-state index in [0.29, 0.717) is 0 Å². The van der Waals surface area contributed by atoms with Crippen molar-refractivity contribution < 1.29 is 13.7 Å². The van der Waals surface area contributed by atoms with Crippen molar-refractivity contribution in [3.8, 4) is 6.07 Å². The largest absolute Gasteiger partial charge is 0.310 e. The third-order valence-electron chi connectivity index (χ3n) is 1.85. The Morgan fingerprint density at radius 3 is 2.69 bits per heavy atom. The number of pyridine rings is 1. The van der Waals surface area contributed by atoms with Crippen LogP contribution in [0.15, 0.2) is 6.20 Å². The molecule has 0 radical (unpaired) electrons. The number of hydrogen-bond acceptors (Lipinski definition) is 4. The SMILES string of the molecule is N#Cc1ncc(C(F)F)c(CCl)c1[N+](=O)[O-]. The Hall–Kier alpha value is -1.81. The maximum Gasteiger partial charge on any atom is 0.310 e. The molecule has 0 spiro atoms. The molecule has 1 rings (SSSR count). The lowest BCUT2D eigenvalue weighted by molar-refractivity contribution is -0.386. The van der Waals surface area contributed by atoms with Gasteiger partial charge in [-0.15, -0.1) is 11.6 Å². The number of nitrogens with zero attached hydrogens (tertiary/aromatic N) is 3. The molecule has 8 heteroatoms. The molecule has 0 aliphatic carbocycles. The fourth-order valence-electron chi connectivity index (χ4n) is 1.16. The Bertz CT molecular complexity index is 473. The van der Waals surface area contributed by atoms with E-state index in [4.69, 9.17) is 16.9 Å². The van der Waals surface area contributed by atoms with Crippen LogP contribution < -0.4 is 0 Å². The van der Waals surface area contributed by atoms with Gasteiger partial charge in [0.1, 0.15) is 6.07 Å². The quantitative estimate of drug-likeness (QED) is 0.467. The van der Waals surface area contributed by atoms with Gasteiger partial charge in [-0.1, -0.05) is 0 Å². The van der Waals surface area contributed by atoms with Crippen LogP contribution in [-0.2, 0) is 5.88 Å². The van der Waals surface area contributed by atoms with Crippen LogP contribution in [0.5, 0.6) is 0 Å². The van der Waals surface area contributed by atoms with Crippen molar-refractivity contribution in [2.45, 2.75) is 12.3 Å². The van der Waals surface area contributed by atoms with Crippen LogP contribution >= 0.6 is 11.6 Å². The number of rotatable bonds is 3. The smallest absolute Gasteiger partial charge is 0.258 e. The average molecular weight is 248 g/mol. The molecule has 16 heavy (non-hydrogen) atoms. The lowest BCUT2D eigenvalue weighted by Gasteiger charge is -2.06. The van der Waals surface area contributed by atoms with Gasteiger partial charge < -0.3 is 0 Å². The Labute approximate surface area is 93.4 Å². The highest BCUT2D eigenvalue weighted by molar-refractivity contribution is 6.17. The van der Waals surface area contributed by atoms with E-state index in [1.165, 1.54) is 6.07 Å². The second-order valence-corrected chi connectivity index (χ2v) is 2.96. The summed E-state index contributed by atoms with van der Waals surface area (Å²) in [6.45, 7) is 0. The first-order valence-electron chi connectivity index (χ1n) is 3.93. The minimum Gasteiger partial charge on any atom is -0.258 e. The molecule has 84 valence electrons. The zero-order valence-electron chi connectivity index (χ0n) is 7.65. The Morgan fingerprint density at radius 2 is 2.31 bits per heavy atom. The van der Waals surface area contributed by atoms with Crippen molar-refractivity contribution >= 4 is 17.3 Å². The molecule has 0 fully saturated rings. The summed E-state index contributed by atoms with van der Waals surface area (Å²) in [7, 11) is 0. The van der Waals surface area contributed by atoms with E-state index >= 15 is 0 Å². The van der Waals surface area contributed by atoms with Crippen LogP contribution in [0.3, 0.4) is 0 Å². The standard InChI is InChI=1S/C8H4ClF2N3O2/c9-1-4-5(8(10)11)3-13-6(2-12)7(4)14(15)16/h3,8H,1H2. The summed E-state index contributed by atoms with van der Waals surface area (Å²) >= 11 is 5.38. The first-order valence-corrected chi connectivity index (χ1v) is 4.46. The summed E-state index contributed by atoms with van der Waals surface area (Å²) in [5.41, 5.74) is -2.27. The number of alkyl halides is 3. The molecule has 0 saturated heterocycles. The van der Waals surface area contributed by atoms with E-state index < -0.39 is 34.2 Å². The molecule has 0 N–H and O–H groups in total. The molecular weight excluding hydrogens is 244 g/mol. The average Bonchev–Trinajstić information content (AvgIpc) is 2.26. The maximum atomic E-state index is 12.5. The van der Waals surface area contributed by atoms with E-state index in [0.717, 1.165) is 6.20 Å². The molecule has 0 atom stereocenters. The monoisotopic (exact) mass is 247 g/mol. The molecule has 1 aromatic rings. The van der Waals surface area contributed by atoms with Crippen molar-refractivity contribution in [2.75, 3.05) is 0 Å². The third-order valence-corrected chi connectivity index (χ3v) is 2.12. The third kappa shape index (κ3) is 2.06. The van der Waals surface area contributed by atoms with E-state index in [1.54, 1.807) is 0 Å². The molecule has 0 bridgehead atoms. The van der Waals surface area contributed by atoms with Crippen molar-refractivity contribution in [3.05, 3.63) is 33.1 Å². The van der Waals surface area contributed by atoms with Crippen LogP contribution in [0, 0.1) is 21.4 Å². The van der Waals surface area contributed by atoms with Gasteiger partial charge in [0.05, 0.1) is 16.4 Å². The fourth-order valence-corrected chi connectivity index (χ4v) is 1.44. The lowest BCUT2D eigenvalue weighted by atomic mass is 10.1. The second-order valence-electron chi connectivity index (χ2n) is 2.69. The molecular formula is C8H4ClF2N3O2. The van der Waals surface area contributed by atoms with E-state index in [2.05, 4.69) is 4.98 Å². The van der Waals surface area contributed by atoms with Crippen molar-refractivity contribution in [2.24, 2.45) is 0 Å². The van der Waals surface area contributed by atoms with Crippen LogP contribution in [-0.4, -0.2) is 9.91 Å². The molecule has 0 aromatic carbocycles. The van der Waals surface area contributed by atoms with Gasteiger partial charge in [-0.3, -0.25) is 10.1 Å². The van der Waals surface area contributed by atoms with Gasteiger partial charge in [0.15, 0.2) is 0 Å². The van der Waals surface area contributed by atoms with Gasteiger partial charge in [-0.05, 0) is 0 Å². The fraction of sp³-hybridized carbons (Fsp3) is 0.250. The summed E-state index contributed by atoms with van der Waals surface area (Å²) in [4.78, 5) is 13.0. The highest BCUT2D eigenvalue weighted by Crippen LogP contribution is 2.32. The summed E-state index contributed by atoms with van der Waals surface area (Å²) in [5, 5.41) is 19.2. The zero-order valence-corrected chi connectivity index (χ0v) is 8.41. The van der Waals surface area contributed by atoms with Crippen LogP contribution in [0.1, 0.15) is 23.2 Å². The maximum absolute atomic E-state index is 12.5. The normalized spacial score (nSPS) is 10.2. The highest BCUT2D eigenvalue weighted by Gasteiger charge is 2.27. The van der Waals surface area contributed by atoms with Gasteiger partial charge in [-0.2, -0.15) is 5.26 Å². The minimum absolute atomic E-state index is 0.367. The number of nitriles is 1. The topological polar surface area (TPSA) is 79.8 Å². The number of hydrogen-bond donors (Lipinski definition) is 0.